The van der Waals surface area contributed by atoms with Crippen molar-refractivity contribution in [1.82, 2.24) is 19.9 Å². The average Bonchev–Trinajstić information content (AvgIpc) is 3.13. The highest BCUT2D eigenvalue weighted by Crippen LogP contribution is 2.28. The predicted octanol–water partition coefficient (Wildman–Crippen LogP) is 2.24. The first-order chi connectivity index (χ1) is 12.2. The molecule has 8 heteroatoms. The third-order valence-electron chi connectivity index (χ3n) is 4.45. The molecule has 0 atom stereocenters. The highest BCUT2D eigenvalue weighted by atomic mass is 32.2. The third-order valence-corrected chi connectivity index (χ3v) is 5.77. The first kappa shape index (κ1) is 15.7. The largest absolute Gasteiger partial charge is 0.352 e. The fourth-order valence-corrected chi connectivity index (χ4v) is 4.38. The molecule has 3 aromatic rings. The second-order valence-corrected chi connectivity index (χ2v) is 7.73. The van der Waals surface area contributed by atoms with E-state index in [-0.39, 0.29) is 0 Å². The van der Waals surface area contributed by atoms with Gasteiger partial charge in [0.15, 0.2) is 5.82 Å². The number of aromatic nitrogens is 4. The van der Waals surface area contributed by atoms with Crippen LogP contribution in [-0.2, 0) is 10.8 Å². The highest BCUT2D eigenvalue weighted by Gasteiger charge is 2.34. The van der Waals surface area contributed by atoms with E-state index in [1.807, 2.05) is 18.3 Å². The molecular weight excluding hydrogens is 336 g/mol. The van der Waals surface area contributed by atoms with Crippen LogP contribution < -0.4 is 5.32 Å². The van der Waals surface area contributed by atoms with Gasteiger partial charge in [0.25, 0.3) is 0 Å². The van der Waals surface area contributed by atoms with Gasteiger partial charge >= 0.3 is 0 Å². The quantitative estimate of drug-likeness (QED) is 0.748. The molecule has 0 aliphatic carbocycles. The molecule has 0 spiro atoms. The Bertz CT molecular complexity index is 982. The first-order valence-corrected chi connectivity index (χ1v) is 9.48. The maximum absolute atomic E-state index is 11.6. The van der Waals surface area contributed by atoms with Crippen LogP contribution in [-0.4, -0.2) is 41.2 Å². The fraction of sp³-hybridized carbons (Fsp3) is 0.294. The maximum atomic E-state index is 11.6. The molecule has 4 heterocycles. The van der Waals surface area contributed by atoms with Crippen LogP contribution >= 0.6 is 0 Å². The molecular formula is C17H16N6OS. The molecule has 0 radical (unpaired) electrons. The molecule has 25 heavy (non-hydrogen) atoms. The predicted molar refractivity (Wildman–Crippen MR) is 96.2 cm³/mol. The lowest BCUT2D eigenvalue weighted by Crippen LogP contribution is -2.43. The number of anilines is 1. The van der Waals surface area contributed by atoms with E-state index in [4.69, 9.17) is 0 Å². The first-order valence-electron chi connectivity index (χ1n) is 7.99. The number of hydrogen-bond donors (Lipinski definition) is 2. The second kappa shape index (κ2) is 6.26. The third kappa shape index (κ3) is 2.98. The number of nitriles is 1. The molecule has 1 saturated heterocycles. The van der Waals surface area contributed by atoms with Crippen LogP contribution in [0.25, 0.3) is 22.4 Å². The van der Waals surface area contributed by atoms with Crippen LogP contribution in [0, 0.1) is 11.3 Å². The van der Waals surface area contributed by atoms with E-state index in [0.29, 0.717) is 36.0 Å². The van der Waals surface area contributed by atoms with Crippen LogP contribution in [0.3, 0.4) is 0 Å². The van der Waals surface area contributed by atoms with Crippen LogP contribution in [0.1, 0.15) is 12.8 Å². The van der Waals surface area contributed by atoms with Gasteiger partial charge in [0.05, 0.1) is 6.07 Å². The van der Waals surface area contributed by atoms with Gasteiger partial charge in [-0.05, 0) is 31.0 Å². The van der Waals surface area contributed by atoms with Crippen LogP contribution in [0.4, 0.5) is 5.82 Å². The average molecular weight is 352 g/mol. The summed E-state index contributed by atoms with van der Waals surface area (Å²) in [5.41, 5.74) is 0.939. The van der Waals surface area contributed by atoms with Crippen molar-refractivity contribution < 1.29 is 4.21 Å². The number of hydrogen-bond acceptors (Lipinski definition) is 6. The van der Waals surface area contributed by atoms with Gasteiger partial charge in [-0.15, -0.1) is 0 Å². The number of nitrogens with zero attached hydrogens (tertiary/aromatic N) is 4. The summed E-state index contributed by atoms with van der Waals surface area (Å²) in [6, 6.07) is 7.92. The minimum Gasteiger partial charge on any atom is -0.352 e. The van der Waals surface area contributed by atoms with E-state index in [0.717, 1.165) is 16.6 Å². The smallest absolute Gasteiger partial charge is 0.162 e. The summed E-state index contributed by atoms with van der Waals surface area (Å²) < 4.78 is 11.6. The number of H-pyrrole nitrogens is 1. The van der Waals surface area contributed by atoms with Crippen molar-refractivity contribution in [3.63, 3.8) is 0 Å². The Morgan fingerprint density at radius 1 is 1.20 bits per heavy atom. The molecule has 1 fully saturated rings. The molecule has 2 N–H and O–H groups in total. The lowest BCUT2D eigenvalue weighted by Gasteiger charge is -2.31. The van der Waals surface area contributed by atoms with Crippen LogP contribution in [0.5, 0.6) is 0 Å². The Morgan fingerprint density at radius 3 is 2.80 bits per heavy atom. The lowest BCUT2D eigenvalue weighted by atomic mass is 9.94. The summed E-state index contributed by atoms with van der Waals surface area (Å²) in [5, 5.41) is 13.8. The van der Waals surface area contributed by atoms with Gasteiger partial charge in [0, 0.05) is 51.8 Å². The summed E-state index contributed by atoms with van der Waals surface area (Å²) in [5.74, 6) is 2.24. The molecule has 0 amide bonds. The molecule has 7 nitrogen and oxygen atoms in total. The number of pyridine rings is 1. The Kier molecular flexibility index (Phi) is 3.93. The van der Waals surface area contributed by atoms with Crippen molar-refractivity contribution >= 4 is 27.7 Å². The van der Waals surface area contributed by atoms with Crippen molar-refractivity contribution in [2.24, 2.45) is 0 Å². The number of nitrogens with one attached hydrogen (secondary N) is 2. The minimum absolute atomic E-state index is 0.535. The molecule has 3 aromatic heterocycles. The van der Waals surface area contributed by atoms with E-state index >= 15 is 0 Å². The Morgan fingerprint density at radius 2 is 2.00 bits per heavy atom. The minimum atomic E-state index is -0.826. The Labute approximate surface area is 147 Å². The van der Waals surface area contributed by atoms with Gasteiger partial charge in [-0.25, -0.2) is 15.0 Å². The summed E-state index contributed by atoms with van der Waals surface area (Å²) in [6.45, 7) is 0. The standard InChI is InChI=1S/C17H16N6OS/c18-11-17(4-9-25(24)10-5-17)23-14-3-8-21-16(22-14)13-2-7-20-15-12(13)1-6-19-15/h1-3,6-8H,4-5,9-10H2,(H,19,20)(H,21,22,23). The maximum Gasteiger partial charge on any atom is 0.162 e. The highest BCUT2D eigenvalue weighted by molar-refractivity contribution is 7.85. The topological polar surface area (TPSA) is 107 Å². The van der Waals surface area contributed by atoms with Gasteiger partial charge in [-0.3, -0.25) is 4.21 Å². The Hall–Kier alpha value is -2.79. The van der Waals surface area contributed by atoms with E-state index in [2.05, 4.69) is 31.3 Å². The van der Waals surface area contributed by atoms with E-state index < -0.39 is 16.3 Å². The molecule has 0 aromatic carbocycles. The summed E-state index contributed by atoms with van der Waals surface area (Å²) in [7, 11) is -0.826. The number of fused-ring (bicyclic) bond motifs is 1. The van der Waals surface area contributed by atoms with E-state index in [1.54, 1.807) is 18.5 Å². The fourth-order valence-electron chi connectivity index (χ4n) is 3.03. The monoisotopic (exact) mass is 352 g/mol. The van der Waals surface area contributed by atoms with Gasteiger partial charge in [-0.2, -0.15) is 5.26 Å². The van der Waals surface area contributed by atoms with Gasteiger partial charge < -0.3 is 10.3 Å². The molecule has 0 bridgehead atoms. The van der Waals surface area contributed by atoms with Crippen LogP contribution in [0.2, 0.25) is 0 Å². The zero-order valence-electron chi connectivity index (χ0n) is 13.4. The van der Waals surface area contributed by atoms with Crippen molar-refractivity contribution in [3.8, 4) is 17.5 Å². The number of aromatic amines is 1. The molecule has 0 saturated carbocycles. The summed E-state index contributed by atoms with van der Waals surface area (Å²) in [4.78, 5) is 16.3. The van der Waals surface area contributed by atoms with Crippen molar-refractivity contribution in [3.05, 3.63) is 36.8 Å². The lowest BCUT2D eigenvalue weighted by molar-refractivity contribution is 0.529. The van der Waals surface area contributed by atoms with E-state index in [1.165, 1.54) is 0 Å². The van der Waals surface area contributed by atoms with Crippen molar-refractivity contribution in [1.29, 1.82) is 5.26 Å². The molecule has 1 aliphatic heterocycles. The molecule has 0 unspecified atom stereocenters. The van der Waals surface area contributed by atoms with Gasteiger partial charge in [0.1, 0.15) is 17.0 Å². The normalized spacial score (nSPS) is 23.2. The molecule has 4 rings (SSSR count). The SMILES string of the molecule is N#CC1(Nc2ccnc(-c3ccnc4[nH]ccc34)n2)CCS(=O)CC1. The summed E-state index contributed by atoms with van der Waals surface area (Å²) in [6.07, 6.45) is 6.32. The summed E-state index contributed by atoms with van der Waals surface area (Å²) >= 11 is 0. The van der Waals surface area contributed by atoms with Crippen molar-refractivity contribution in [2.45, 2.75) is 18.4 Å². The van der Waals surface area contributed by atoms with Gasteiger partial charge in [-0.1, -0.05) is 0 Å². The van der Waals surface area contributed by atoms with E-state index in [9.17, 15) is 9.47 Å². The van der Waals surface area contributed by atoms with Crippen molar-refractivity contribution in [2.75, 3.05) is 16.8 Å². The Balaban J connectivity index is 1.67. The second-order valence-electron chi connectivity index (χ2n) is 6.03. The zero-order valence-corrected chi connectivity index (χ0v) is 14.2. The molecule has 126 valence electrons. The van der Waals surface area contributed by atoms with Crippen LogP contribution in [0.15, 0.2) is 36.8 Å². The zero-order chi connectivity index (χ0) is 17.3. The molecule has 1 aliphatic rings. The van der Waals surface area contributed by atoms with Gasteiger partial charge in [0.2, 0.25) is 0 Å². The number of rotatable bonds is 3.